The van der Waals surface area contributed by atoms with Crippen molar-refractivity contribution in [1.29, 1.82) is 0 Å². The van der Waals surface area contributed by atoms with E-state index in [1.54, 1.807) is 6.08 Å². The predicted molar refractivity (Wildman–Crippen MR) is 110 cm³/mol. The molecule has 0 bridgehead atoms. The number of carbonyl (C=O) groups excluding carboxylic acids is 1. The van der Waals surface area contributed by atoms with Crippen molar-refractivity contribution in [3.8, 4) is 5.75 Å². The van der Waals surface area contributed by atoms with Gasteiger partial charge in [0.1, 0.15) is 5.75 Å². The van der Waals surface area contributed by atoms with Crippen molar-refractivity contribution in [2.45, 2.75) is 45.4 Å². The molecule has 3 rings (SSSR count). The molecule has 1 aromatic heterocycles. The third-order valence-electron chi connectivity index (χ3n) is 4.30. The Balaban J connectivity index is 1.50. The lowest BCUT2D eigenvalue weighted by atomic mass is 10.1. The van der Waals surface area contributed by atoms with Gasteiger partial charge in [-0.15, -0.1) is 11.3 Å². The minimum absolute atomic E-state index is 0.319. The van der Waals surface area contributed by atoms with Crippen molar-refractivity contribution < 1.29 is 14.3 Å². The third kappa shape index (κ3) is 5.79. The summed E-state index contributed by atoms with van der Waals surface area (Å²) in [5.74, 6) is 0.810. The highest BCUT2D eigenvalue weighted by atomic mass is 32.1. The Morgan fingerprint density at radius 1 is 1.07 bits per heavy atom. The largest absolute Gasteiger partial charge is 0.494 e. The maximum atomic E-state index is 12.0. The first-order chi connectivity index (χ1) is 13.3. The lowest BCUT2D eigenvalue weighted by Gasteiger charge is -2.06. The summed E-state index contributed by atoms with van der Waals surface area (Å²) in [5, 5.41) is 1.93. The Hall–Kier alpha value is -2.40. The van der Waals surface area contributed by atoms with Crippen LogP contribution in [0.4, 0.5) is 0 Å². The molecule has 0 amide bonds. The maximum absolute atomic E-state index is 12.0. The van der Waals surface area contributed by atoms with Gasteiger partial charge in [0.05, 0.1) is 11.5 Å². The topological polar surface area (TPSA) is 47.9 Å². The highest BCUT2D eigenvalue weighted by Gasteiger charge is 2.24. The van der Waals surface area contributed by atoms with E-state index in [0.29, 0.717) is 11.6 Å². The highest BCUT2D eigenvalue weighted by molar-refractivity contribution is 7.12. The van der Waals surface area contributed by atoms with Gasteiger partial charge in [-0.3, -0.25) is 0 Å². The molecule has 0 fully saturated rings. The molecule has 0 unspecified atom stereocenters. The van der Waals surface area contributed by atoms with Gasteiger partial charge in [0.15, 0.2) is 5.70 Å². The van der Waals surface area contributed by atoms with Gasteiger partial charge in [-0.05, 0) is 41.6 Å². The number of nitrogens with zero attached hydrogens (tertiary/aromatic N) is 1. The van der Waals surface area contributed by atoms with Gasteiger partial charge in [0, 0.05) is 0 Å². The number of hydrogen-bond donors (Lipinski definition) is 0. The van der Waals surface area contributed by atoms with E-state index < -0.39 is 5.97 Å². The molecule has 2 aromatic rings. The molecular formula is C22H25NO3S. The molecule has 0 N–H and O–H groups in total. The zero-order chi connectivity index (χ0) is 18.9. The van der Waals surface area contributed by atoms with Crippen LogP contribution >= 0.6 is 11.3 Å². The Kier molecular flexibility index (Phi) is 7.22. The molecule has 0 spiro atoms. The fourth-order valence-corrected chi connectivity index (χ4v) is 3.45. The fourth-order valence-electron chi connectivity index (χ4n) is 2.81. The summed E-state index contributed by atoms with van der Waals surface area (Å²) >= 11 is 1.50. The lowest BCUT2D eigenvalue weighted by Crippen LogP contribution is -2.03. The van der Waals surface area contributed by atoms with Gasteiger partial charge in [-0.1, -0.05) is 57.2 Å². The molecule has 142 valence electrons. The SMILES string of the molecule is CCCCCCCCOc1ccc(/C=C2\N=C(c3cccs3)OC2=O)cc1. The van der Waals surface area contributed by atoms with Gasteiger partial charge in [0.2, 0.25) is 5.90 Å². The number of rotatable bonds is 10. The Morgan fingerprint density at radius 3 is 2.59 bits per heavy atom. The van der Waals surface area contributed by atoms with Gasteiger partial charge in [-0.2, -0.15) is 0 Å². The molecule has 5 heteroatoms. The molecule has 27 heavy (non-hydrogen) atoms. The van der Waals surface area contributed by atoms with Crippen LogP contribution in [0.3, 0.4) is 0 Å². The summed E-state index contributed by atoms with van der Waals surface area (Å²) in [5.41, 5.74) is 1.21. The van der Waals surface area contributed by atoms with Crippen molar-refractivity contribution in [2.24, 2.45) is 4.99 Å². The van der Waals surface area contributed by atoms with E-state index in [-0.39, 0.29) is 0 Å². The minimum Gasteiger partial charge on any atom is -0.494 e. The van der Waals surface area contributed by atoms with Crippen molar-refractivity contribution in [3.05, 3.63) is 57.9 Å². The first-order valence-corrected chi connectivity index (χ1v) is 10.4. The summed E-state index contributed by atoms with van der Waals surface area (Å²) in [6.07, 6.45) is 9.24. The molecule has 0 aliphatic carbocycles. The molecule has 1 aromatic carbocycles. The van der Waals surface area contributed by atoms with Crippen LogP contribution in [0, 0.1) is 0 Å². The Labute approximate surface area is 164 Å². The molecule has 0 radical (unpaired) electrons. The second kappa shape index (κ2) is 10.1. The number of thiophene rings is 1. The highest BCUT2D eigenvalue weighted by Crippen LogP contribution is 2.22. The number of unbranched alkanes of at least 4 members (excludes halogenated alkanes) is 5. The van der Waals surface area contributed by atoms with Gasteiger partial charge in [0.25, 0.3) is 0 Å². The number of hydrogen-bond acceptors (Lipinski definition) is 5. The molecule has 2 heterocycles. The zero-order valence-electron chi connectivity index (χ0n) is 15.6. The van der Waals surface area contributed by atoms with Crippen LogP contribution < -0.4 is 4.74 Å². The summed E-state index contributed by atoms with van der Waals surface area (Å²) in [7, 11) is 0. The Morgan fingerprint density at radius 2 is 1.85 bits per heavy atom. The van der Waals surface area contributed by atoms with Crippen molar-refractivity contribution in [1.82, 2.24) is 0 Å². The third-order valence-corrected chi connectivity index (χ3v) is 5.16. The average Bonchev–Trinajstić information content (AvgIpc) is 3.33. The van der Waals surface area contributed by atoms with E-state index in [4.69, 9.17) is 9.47 Å². The molecule has 1 aliphatic rings. The van der Waals surface area contributed by atoms with Crippen molar-refractivity contribution in [2.75, 3.05) is 6.61 Å². The monoisotopic (exact) mass is 383 g/mol. The van der Waals surface area contributed by atoms with E-state index in [0.717, 1.165) is 29.2 Å². The smallest absolute Gasteiger partial charge is 0.363 e. The Bertz CT molecular complexity index is 791. The second-order valence-electron chi connectivity index (χ2n) is 6.50. The molecule has 0 atom stereocenters. The number of carbonyl (C=O) groups is 1. The maximum Gasteiger partial charge on any atom is 0.363 e. The van der Waals surface area contributed by atoms with Gasteiger partial charge >= 0.3 is 5.97 Å². The van der Waals surface area contributed by atoms with Gasteiger partial charge in [-0.25, -0.2) is 9.79 Å². The van der Waals surface area contributed by atoms with E-state index >= 15 is 0 Å². The fraction of sp³-hybridized carbons (Fsp3) is 0.364. The van der Waals surface area contributed by atoms with Crippen LogP contribution in [0.15, 0.2) is 52.5 Å². The summed E-state index contributed by atoms with van der Waals surface area (Å²) in [6, 6.07) is 11.5. The van der Waals surface area contributed by atoms with Gasteiger partial charge < -0.3 is 9.47 Å². The first-order valence-electron chi connectivity index (χ1n) is 9.55. The first kappa shape index (κ1) is 19.4. The quantitative estimate of drug-likeness (QED) is 0.294. The second-order valence-corrected chi connectivity index (χ2v) is 7.45. The number of esters is 1. The van der Waals surface area contributed by atoms with E-state index in [1.807, 2.05) is 41.8 Å². The van der Waals surface area contributed by atoms with E-state index in [1.165, 1.54) is 43.4 Å². The number of aliphatic imine (C=N–C) groups is 1. The van der Waals surface area contributed by atoms with Crippen LogP contribution in [-0.2, 0) is 9.53 Å². The predicted octanol–water partition coefficient (Wildman–Crippen LogP) is 5.83. The minimum atomic E-state index is -0.415. The number of ether oxygens (including phenoxy) is 2. The molecular weight excluding hydrogens is 358 g/mol. The summed E-state index contributed by atoms with van der Waals surface area (Å²) in [4.78, 5) is 17.2. The zero-order valence-corrected chi connectivity index (χ0v) is 16.5. The number of cyclic esters (lactones) is 1. The van der Waals surface area contributed by atoms with Crippen molar-refractivity contribution >= 4 is 29.3 Å². The molecule has 1 aliphatic heterocycles. The van der Waals surface area contributed by atoms with Crippen molar-refractivity contribution in [3.63, 3.8) is 0 Å². The van der Waals surface area contributed by atoms with Crippen LogP contribution in [-0.4, -0.2) is 18.5 Å². The van der Waals surface area contributed by atoms with Crippen LogP contribution in [0.1, 0.15) is 55.9 Å². The standard InChI is InChI=1S/C22H25NO3S/c1-2-3-4-5-6-7-14-25-18-12-10-17(11-13-18)16-19-22(24)26-21(23-19)20-9-8-15-27-20/h8-13,15-16H,2-7,14H2,1H3/b19-16-. The van der Waals surface area contributed by atoms with Crippen LogP contribution in [0.25, 0.3) is 6.08 Å². The molecule has 0 saturated carbocycles. The average molecular weight is 384 g/mol. The summed E-state index contributed by atoms with van der Waals surface area (Å²) in [6.45, 7) is 2.97. The molecule has 4 nitrogen and oxygen atoms in total. The van der Waals surface area contributed by atoms with Crippen LogP contribution in [0.2, 0.25) is 0 Å². The number of benzene rings is 1. The normalized spacial score (nSPS) is 15.1. The van der Waals surface area contributed by atoms with E-state index in [2.05, 4.69) is 11.9 Å². The van der Waals surface area contributed by atoms with Crippen LogP contribution in [0.5, 0.6) is 5.75 Å². The molecule has 0 saturated heterocycles. The lowest BCUT2D eigenvalue weighted by molar-refractivity contribution is -0.129. The summed E-state index contributed by atoms with van der Waals surface area (Å²) < 4.78 is 11.0. The van der Waals surface area contributed by atoms with E-state index in [9.17, 15) is 4.79 Å².